The molecule has 8 heteroatoms. The first kappa shape index (κ1) is 18.4. The van der Waals surface area contributed by atoms with Crippen molar-refractivity contribution >= 4 is 54.0 Å². The molecule has 0 saturated carbocycles. The lowest BCUT2D eigenvalue weighted by atomic mass is 10.1. The second-order valence-corrected chi connectivity index (χ2v) is 10.1. The van der Waals surface area contributed by atoms with Crippen LogP contribution < -0.4 is 5.32 Å². The van der Waals surface area contributed by atoms with Gasteiger partial charge in [0.2, 0.25) is 5.91 Å². The van der Waals surface area contributed by atoms with Gasteiger partial charge < -0.3 is 5.32 Å². The van der Waals surface area contributed by atoms with Gasteiger partial charge >= 0.3 is 0 Å². The van der Waals surface area contributed by atoms with Gasteiger partial charge in [0, 0.05) is 11.4 Å². The molecule has 1 amide bonds. The summed E-state index contributed by atoms with van der Waals surface area (Å²) in [6.07, 6.45) is 2.87. The van der Waals surface area contributed by atoms with E-state index in [1.807, 2.05) is 6.07 Å². The SMILES string of the molecule is O=C(CCS(=O)(=O)c1ccc2c(c1)CCC2)Nc1nc2ccc(Cl)cc2s1. The van der Waals surface area contributed by atoms with Crippen molar-refractivity contribution in [1.29, 1.82) is 0 Å². The molecular formula is C19H17ClN2O3S2. The Labute approximate surface area is 166 Å². The van der Waals surface area contributed by atoms with E-state index in [0.29, 0.717) is 15.0 Å². The van der Waals surface area contributed by atoms with Crippen LogP contribution in [0.1, 0.15) is 24.0 Å². The van der Waals surface area contributed by atoms with Gasteiger partial charge in [-0.2, -0.15) is 0 Å². The van der Waals surface area contributed by atoms with Gasteiger partial charge in [-0.1, -0.05) is 29.0 Å². The van der Waals surface area contributed by atoms with Gasteiger partial charge in [-0.15, -0.1) is 0 Å². The largest absolute Gasteiger partial charge is 0.302 e. The molecule has 0 atom stereocenters. The number of carbonyl (C=O) groups excluding carboxylic acids is 1. The van der Waals surface area contributed by atoms with E-state index in [-0.39, 0.29) is 18.1 Å². The smallest absolute Gasteiger partial charge is 0.227 e. The number of anilines is 1. The predicted molar refractivity (Wildman–Crippen MR) is 108 cm³/mol. The van der Waals surface area contributed by atoms with Gasteiger partial charge in [-0.05, 0) is 60.7 Å². The second-order valence-electron chi connectivity index (χ2n) is 6.53. The average Bonchev–Trinajstić information content (AvgIpc) is 3.25. The standard InChI is InChI=1S/C19H17ClN2O3S2/c20-14-5-7-16-17(11-14)26-19(21-16)22-18(23)8-9-27(24,25)15-6-4-12-2-1-3-13(12)10-15/h4-7,10-11H,1-3,8-9H2,(H,21,22,23). The maximum Gasteiger partial charge on any atom is 0.227 e. The number of aromatic nitrogens is 1. The van der Waals surface area contributed by atoms with Gasteiger partial charge in [0.15, 0.2) is 15.0 Å². The topological polar surface area (TPSA) is 76.1 Å². The first-order valence-electron chi connectivity index (χ1n) is 8.61. The number of fused-ring (bicyclic) bond motifs is 2. The molecule has 0 bridgehead atoms. The Bertz CT molecular complexity index is 1140. The van der Waals surface area contributed by atoms with E-state index >= 15 is 0 Å². The highest BCUT2D eigenvalue weighted by atomic mass is 35.5. The maximum atomic E-state index is 12.6. The van der Waals surface area contributed by atoms with Gasteiger partial charge in [0.25, 0.3) is 0 Å². The summed E-state index contributed by atoms with van der Waals surface area (Å²) < 4.78 is 26.0. The third-order valence-electron chi connectivity index (χ3n) is 4.62. The third-order valence-corrected chi connectivity index (χ3v) is 7.51. The van der Waals surface area contributed by atoms with E-state index in [1.54, 1.807) is 30.3 Å². The van der Waals surface area contributed by atoms with Gasteiger partial charge in [-0.25, -0.2) is 13.4 Å². The van der Waals surface area contributed by atoms with E-state index in [0.717, 1.165) is 35.0 Å². The Kier molecular flexibility index (Phi) is 4.92. The van der Waals surface area contributed by atoms with Gasteiger partial charge in [0.1, 0.15) is 0 Å². The van der Waals surface area contributed by atoms with Crippen LogP contribution in [-0.4, -0.2) is 25.1 Å². The zero-order valence-corrected chi connectivity index (χ0v) is 16.8. The normalized spacial score (nSPS) is 13.7. The van der Waals surface area contributed by atoms with Crippen molar-refractivity contribution in [2.75, 3.05) is 11.1 Å². The molecule has 1 aliphatic carbocycles. The molecule has 0 fully saturated rings. The van der Waals surface area contributed by atoms with Crippen molar-refractivity contribution < 1.29 is 13.2 Å². The molecule has 27 heavy (non-hydrogen) atoms. The van der Waals surface area contributed by atoms with E-state index in [4.69, 9.17) is 11.6 Å². The van der Waals surface area contributed by atoms with Crippen LogP contribution in [0, 0.1) is 0 Å². The highest BCUT2D eigenvalue weighted by Gasteiger charge is 2.20. The number of aryl methyl sites for hydroxylation is 2. The van der Waals surface area contributed by atoms with E-state index < -0.39 is 9.84 Å². The minimum atomic E-state index is -3.49. The van der Waals surface area contributed by atoms with Crippen LogP contribution in [0.2, 0.25) is 5.02 Å². The van der Waals surface area contributed by atoms with Gasteiger partial charge in [-0.3, -0.25) is 4.79 Å². The van der Waals surface area contributed by atoms with Gasteiger partial charge in [0.05, 0.1) is 20.9 Å². The Hall–Kier alpha value is -1.96. The number of amides is 1. The summed E-state index contributed by atoms with van der Waals surface area (Å²) in [7, 11) is -3.49. The number of hydrogen-bond acceptors (Lipinski definition) is 5. The first-order chi connectivity index (χ1) is 12.9. The number of rotatable bonds is 5. The van der Waals surface area contributed by atoms with Crippen LogP contribution in [0.25, 0.3) is 10.2 Å². The fourth-order valence-corrected chi connectivity index (χ4v) is 5.67. The first-order valence-corrected chi connectivity index (χ1v) is 11.5. The average molecular weight is 421 g/mol. The maximum absolute atomic E-state index is 12.6. The zero-order valence-electron chi connectivity index (χ0n) is 14.4. The van der Waals surface area contributed by atoms with E-state index in [9.17, 15) is 13.2 Å². The fraction of sp³-hybridized carbons (Fsp3) is 0.263. The predicted octanol–water partition coefficient (Wildman–Crippen LogP) is 4.24. The van der Waals surface area contributed by atoms with Crippen molar-refractivity contribution in [2.45, 2.75) is 30.6 Å². The lowest BCUT2D eigenvalue weighted by Crippen LogP contribution is -2.17. The molecule has 1 aliphatic rings. The molecular weight excluding hydrogens is 404 g/mol. The van der Waals surface area contributed by atoms with Crippen molar-refractivity contribution in [2.24, 2.45) is 0 Å². The number of benzene rings is 2. The molecule has 5 nitrogen and oxygen atoms in total. The lowest BCUT2D eigenvalue weighted by Gasteiger charge is -2.07. The minimum absolute atomic E-state index is 0.115. The van der Waals surface area contributed by atoms with E-state index in [1.165, 1.54) is 16.9 Å². The summed E-state index contributed by atoms with van der Waals surface area (Å²) in [5.41, 5.74) is 3.07. The molecule has 0 spiro atoms. The Morgan fingerprint density at radius 2 is 1.96 bits per heavy atom. The van der Waals surface area contributed by atoms with Crippen molar-refractivity contribution in [3.63, 3.8) is 0 Å². The Balaban J connectivity index is 1.41. The number of nitrogens with zero attached hydrogens (tertiary/aromatic N) is 1. The fourth-order valence-electron chi connectivity index (χ4n) is 3.22. The Morgan fingerprint density at radius 1 is 1.15 bits per heavy atom. The molecule has 1 aromatic heterocycles. The highest BCUT2D eigenvalue weighted by Crippen LogP contribution is 2.29. The monoisotopic (exact) mass is 420 g/mol. The van der Waals surface area contributed by atoms with Crippen LogP contribution >= 0.6 is 22.9 Å². The number of nitrogens with one attached hydrogen (secondary N) is 1. The van der Waals surface area contributed by atoms with E-state index in [2.05, 4.69) is 10.3 Å². The molecule has 1 heterocycles. The number of hydrogen-bond donors (Lipinski definition) is 1. The highest BCUT2D eigenvalue weighted by molar-refractivity contribution is 7.91. The second kappa shape index (κ2) is 7.22. The summed E-state index contributed by atoms with van der Waals surface area (Å²) >= 11 is 7.26. The lowest BCUT2D eigenvalue weighted by molar-refractivity contribution is -0.115. The molecule has 0 unspecified atom stereocenters. The van der Waals surface area contributed by atoms with Crippen LogP contribution in [0.15, 0.2) is 41.3 Å². The summed E-state index contributed by atoms with van der Waals surface area (Å²) in [6, 6.07) is 10.6. The number of thiazole rings is 1. The number of carbonyl (C=O) groups is 1. The number of sulfone groups is 1. The van der Waals surface area contributed by atoms with Crippen LogP contribution in [-0.2, 0) is 27.5 Å². The molecule has 4 rings (SSSR count). The molecule has 0 aliphatic heterocycles. The van der Waals surface area contributed by atoms with Crippen LogP contribution in [0.3, 0.4) is 0 Å². The summed E-state index contributed by atoms with van der Waals surface area (Å²) in [5, 5.41) is 3.72. The van der Waals surface area contributed by atoms with Crippen molar-refractivity contribution in [3.8, 4) is 0 Å². The molecule has 3 aromatic rings. The molecule has 0 radical (unpaired) electrons. The summed E-state index contributed by atoms with van der Waals surface area (Å²) in [5.74, 6) is -0.598. The van der Waals surface area contributed by atoms with Crippen LogP contribution in [0.4, 0.5) is 5.13 Å². The van der Waals surface area contributed by atoms with Crippen LogP contribution in [0.5, 0.6) is 0 Å². The molecule has 140 valence electrons. The van der Waals surface area contributed by atoms with Crippen molar-refractivity contribution in [3.05, 3.63) is 52.5 Å². The summed E-state index contributed by atoms with van der Waals surface area (Å²) in [6.45, 7) is 0. The molecule has 2 aromatic carbocycles. The quantitative estimate of drug-likeness (QED) is 0.669. The summed E-state index contributed by atoms with van der Waals surface area (Å²) in [4.78, 5) is 16.8. The Morgan fingerprint density at radius 3 is 2.81 bits per heavy atom. The third kappa shape index (κ3) is 4.00. The molecule has 1 N–H and O–H groups in total. The van der Waals surface area contributed by atoms with Crippen molar-refractivity contribution in [1.82, 2.24) is 4.98 Å². The molecule has 0 saturated heterocycles. The zero-order chi connectivity index (χ0) is 19.0. The minimum Gasteiger partial charge on any atom is -0.302 e. The number of halogens is 1.